The number of nitriles is 1. The van der Waals surface area contributed by atoms with Crippen LogP contribution in [0, 0.1) is 11.3 Å². The van der Waals surface area contributed by atoms with Gasteiger partial charge in [-0.1, -0.05) is 59.3 Å². The van der Waals surface area contributed by atoms with Crippen molar-refractivity contribution in [3.63, 3.8) is 0 Å². The standard InChI is InChI=1S/C25H26N4O2/c1-18(2)8-13-23(25(27)30)29(16-20-11-9-19(15-26)10-12-20)17-22-14-24(31-28-22)21-6-4-3-5-7-21/h3-12,14,23H,13,16-17H2,1-2H3,(H2,27,30). The van der Waals surface area contributed by atoms with Crippen molar-refractivity contribution in [2.24, 2.45) is 5.73 Å². The molecule has 3 rings (SSSR count). The van der Waals surface area contributed by atoms with E-state index in [2.05, 4.69) is 11.2 Å². The minimum absolute atomic E-state index is 0.391. The number of amides is 1. The lowest BCUT2D eigenvalue weighted by Crippen LogP contribution is -2.43. The number of carbonyl (C=O) groups excluding carboxylic acids is 1. The lowest BCUT2D eigenvalue weighted by molar-refractivity contribution is -0.123. The molecule has 1 atom stereocenters. The van der Waals surface area contributed by atoms with Crippen molar-refractivity contribution < 1.29 is 9.32 Å². The molecule has 31 heavy (non-hydrogen) atoms. The molecule has 1 heterocycles. The van der Waals surface area contributed by atoms with Gasteiger partial charge in [0.1, 0.15) is 0 Å². The highest BCUT2D eigenvalue weighted by Crippen LogP contribution is 2.22. The highest BCUT2D eigenvalue weighted by molar-refractivity contribution is 5.80. The van der Waals surface area contributed by atoms with Gasteiger partial charge in [0.2, 0.25) is 5.91 Å². The van der Waals surface area contributed by atoms with Crippen molar-refractivity contribution >= 4 is 5.91 Å². The number of hydrogen-bond acceptors (Lipinski definition) is 5. The molecule has 0 aliphatic rings. The van der Waals surface area contributed by atoms with Gasteiger partial charge in [-0.15, -0.1) is 0 Å². The number of carbonyl (C=O) groups is 1. The summed E-state index contributed by atoms with van der Waals surface area (Å²) in [4.78, 5) is 14.3. The number of rotatable bonds is 9. The van der Waals surface area contributed by atoms with Gasteiger partial charge in [-0.25, -0.2) is 0 Å². The molecular weight excluding hydrogens is 388 g/mol. The molecule has 1 aromatic heterocycles. The second-order valence-corrected chi connectivity index (χ2v) is 7.70. The number of hydrogen-bond donors (Lipinski definition) is 1. The van der Waals surface area contributed by atoms with Crippen molar-refractivity contribution in [3.8, 4) is 17.4 Å². The Kier molecular flexibility index (Phi) is 7.36. The Bertz CT molecular complexity index is 1070. The first-order chi connectivity index (χ1) is 15.0. The molecule has 158 valence electrons. The summed E-state index contributed by atoms with van der Waals surface area (Å²) >= 11 is 0. The Hall–Kier alpha value is -3.69. The summed E-state index contributed by atoms with van der Waals surface area (Å²) in [6.07, 6.45) is 2.52. The number of nitrogens with two attached hydrogens (primary N) is 1. The molecule has 2 aromatic carbocycles. The van der Waals surface area contributed by atoms with Crippen LogP contribution in [0.4, 0.5) is 0 Å². The minimum atomic E-state index is -0.498. The van der Waals surface area contributed by atoms with Crippen LogP contribution < -0.4 is 5.73 Å². The van der Waals surface area contributed by atoms with Gasteiger partial charge in [0.25, 0.3) is 0 Å². The third-order valence-electron chi connectivity index (χ3n) is 4.97. The van der Waals surface area contributed by atoms with Crippen LogP contribution in [0.1, 0.15) is 37.1 Å². The number of nitrogens with zero attached hydrogens (tertiary/aromatic N) is 3. The van der Waals surface area contributed by atoms with Gasteiger partial charge >= 0.3 is 0 Å². The largest absolute Gasteiger partial charge is 0.368 e. The maximum Gasteiger partial charge on any atom is 0.235 e. The van der Waals surface area contributed by atoms with Crippen molar-refractivity contribution in [1.29, 1.82) is 5.26 Å². The monoisotopic (exact) mass is 414 g/mol. The van der Waals surface area contributed by atoms with Gasteiger partial charge in [0.15, 0.2) is 5.76 Å². The second kappa shape index (κ2) is 10.4. The fraction of sp³-hybridized carbons (Fsp3) is 0.240. The highest BCUT2D eigenvalue weighted by atomic mass is 16.5. The zero-order chi connectivity index (χ0) is 22.2. The maximum atomic E-state index is 12.3. The topological polar surface area (TPSA) is 96.2 Å². The van der Waals surface area contributed by atoms with Gasteiger partial charge in [0, 0.05) is 24.7 Å². The van der Waals surface area contributed by atoms with Gasteiger partial charge in [0.05, 0.1) is 23.4 Å². The second-order valence-electron chi connectivity index (χ2n) is 7.70. The summed E-state index contributed by atoms with van der Waals surface area (Å²) in [5.41, 5.74) is 10.1. The number of aromatic nitrogens is 1. The number of benzene rings is 2. The summed E-state index contributed by atoms with van der Waals surface area (Å²) in [6, 6.07) is 20.6. The third-order valence-corrected chi connectivity index (χ3v) is 4.97. The van der Waals surface area contributed by atoms with Crippen molar-refractivity contribution in [2.75, 3.05) is 0 Å². The summed E-state index contributed by atoms with van der Waals surface area (Å²) in [5, 5.41) is 13.2. The summed E-state index contributed by atoms with van der Waals surface area (Å²) in [5.74, 6) is 0.284. The smallest absolute Gasteiger partial charge is 0.235 e. The molecule has 1 amide bonds. The molecule has 0 radical (unpaired) electrons. The average Bonchev–Trinajstić information content (AvgIpc) is 3.23. The van der Waals surface area contributed by atoms with E-state index in [4.69, 9.17) is 15.5 Å². The van der Waals surface area contributed by atoms with Gasteiger partial charge < -0.3 is 10.3 Å². The van der Waals surface area contributed by atoms with Crippen LogP contribution >= 0.6 is 0 Å². The first-order valence-corrected chi connectivity index (χ1v) is 10.1. The van der Waals surface area contributed by atoms with Crippen LogP contribution in [-0.2, 0) is 17.9 Å². The van der Waals surface area contributed by atoms with Crippen LogP contribution in [0.3, 0.4) is 0 Å². The molecule has 6 nitrogen and oxygen atoms in total. The molecule has 1 unspecified atom stereocenters. The summed E-state index contributed by atoms with van der Waals surface area (Å²) in [7, 11) is 0. The molecule has 0 bridgehead atoms. The summed E-state index contributed by atoms with van der Waals surface area (Å²) < 4.78 is 5.53. The maximum absolute atomic E-state index is 12.3. The Labute approximate surface area is 182 Å². The highest BCUT2D eigenvalue weighted by Gasteiger charge is 2.24. The fourth-order valence-corrected chi connectivity index (χ4v) is 3.32. The van der Waals surface area contributed by atoms with E-state index in [0.29, 0.717) is 30.8 Å². The van der Waals surface area contributed by atoms with E-state index in [1.807, 2.05) is 73.4 Å². The molecule has 0 saturated carbocycles. The van der Waals surface area contributed by atoms with Crippen LogP contribution in [0.5, 0.6) is 0 Å². The van der Waals surface area contributed by atoms with E-state index in [1.165, 1.54) is 0 Å². The SMILES string of the molecule is CC(C)=CCC(C(N)=O)N(Cc1ccc(C#N)cc1)Cc1cc(-c2ccccc2)on1. The Morgan fingerprint density at radius 1 is 1.16 bits per heavy atom. The zero-order valence-electron chi connectivity index (χ0n) is 17.8. The van der Waals surface area contributed by atoms with E-state index in [1.54, 1.807) is 12.1 Å². The van der Waals surface area contributed by atoms with Crippen molar-refractivity contribution in [2.45, 2.75) is 39.4 Å². The zero-order valence-corrected chi connectivity index (χ0v) is 17.8. The van der Waals surface area contributed by atoms with E-state index in [-0.39, 0.29) is 0 Å². The quantitative estimate of drug-likeness (QED) is 0.523. The van der Waals surface area contributed by atoms with Crippen molar-refractivity contribution in [3.05, 3.63) is 89.1 Å². The van der Waals surface area contributed by atoms with Gasteiger partial charge in [-0.3, -0.25) is 9.69 Å². The predicted octanol–water partition coefficient (Wildman–Crippen LogP) is 4.43. The lowest BCUT2D eigenvalue weighted by Gasteiger charge is -2.28. The first-order valence-electron chi connectivity index (χ1n) is 10.1. The molecule has 0 spiro atoms. The van der Waals surface area contributed by atoms with E-state index in [0.717, 1.165) is 22.4 Å². The van der Waals surface area contributed by atoms with E-state index in [9.17, 15) is 4.79 Å². The molecule has 0 saturated heterocycles. The first kappa shape index (κ1) is 22.0. The fourth-order valence-electron chi connectivity index (χ4n) is 3.32. The van der Waals surface area contributed by atoms with Crippen LogP contribution in [0.15, 0.2) is 76.8 Å². The van der Waals surface area contributed by atoms with Gasteiger partial charge in [-0.2, -0.15) is 5.26 Å². The Morgan fingerprint density at radius 3 is 2.48 bits per heavy atom. The molecule has 2 N–H and O–H groups in total. The lowest BCUT2D eigenvalue weighted by atomic mass is 10.1. The normalized spacial score (nSPS) is 11.7. The molecule has 0 aliphatic heterocycles. The molecular formula is C25H26N4O2. The van der Waals surface area contributed by atoms with E-state index >= 15 is 0 Å². The predicted molar refractivity (Wildman–Crippen MR) is 119 cm³/mol. The van der Waals surface area contributed by atoms with Crippen molar-refractivity contribution in [1.82, 2.24) is 10.1 Å². The average molecular weight is 415 g/mol. The Balaban J connectivity index is 1.87. The molecule has 3 aromatic rings. The van der Waals surface area contributed by atoms with E-state index < -0.39 is 11.9 Å². The third kappa shape index (κ3) is 6.14. The Morgan fingerprint density at radius 2 is 1.87 bits per heavy atom. The van der Waals surface area contributed by atoms with Crippen LogP contribution in [0.2, 0.25) is 0 Å². The summed E-state index contributed by atoms with van der Waals surface area (Å²) in [6.45, 7) is 4.88. The minimum Gasteiger partial charge on any atom is -0.368 e. The van der Waals surface area contributed by atoms with Crippen LogP contribution in [-0.4, -0.2) is 22.0 Å². The molecule has 0 fully saturated rings. The number of allylic oxidation sites excluding steroid dienone is 1. The molecule has 6 heteroatoms. The number of primary amides is 1. The molecule has 0 aliphatic carbocycles. The van der Waals surface area contributed by atoms with Crippen LogP contribution in [0.25, 0.3) is 11.3 Å². The van der Waals surface area contributed by atoms with Gasteiger partial charge in [-0.05, 0) is 38.0 Å².